The SMILES string of the molecule is CC(CC=O)CN1CCc2ccccc21. The molecular formula is C13H17NO. The predicted octanol–water partition coefficient (Wildman–Crippen LogP) is 2.27. The third-order valence-electron chi connectivity index (χ3n) is 3.01. The summed E-state index contributed by atoms with van der Waals surface area (Å²) in [5, 5.41) is 0. The molecule has 0 radical (unpaired) electrons. The second-order valence-electron chi connectivity index (χ2n) is 4.33. The Labute approximate surface area is 90.9 Å². The van der Waals surface area contributed by atoms with Gasteiger partial charge >= 0.3 is 0 Å². The molecule has 80 valence electrons. The number of fused-ring (bicyclic) bond motifs is 1. The van der Waals surface area contributed by atoms with E-state index in [0.717, 1.165) is 25.8 Å². The van der Waals surface area contributed by atoms with Gasteiger partial charge in [0.1, 0.15) is 6.29 Å². The molecule has 0 aliphatic carbocycles. The average Bonchev–Trinajstić information content (AvgIpc) is 2.62. The van der Waals surface area contributed by atoms with E-state index in [0.29, 0.717) is 12.3 Å². The molecule has 0 amide bonds. The maximum atomic E-state index is 10.4. The van der Waals surface area contributed by atoms with Gasteiger partial charge in [-0.1, -0.05) is 25.1 Å². The van der Waals surface area contributed by atoms with Gasteiger partial charge in [-0.05, 0) is 24.0 Å². The van der Waals surface area contributed by atoms with E-state index in [1.807, 2.05) is 0 Å². The van der Waals surface area contributed by atoms with Crippen LogP contribution in [0.15, 0.2) is 24.3 Å². The van der Waals surface area contributed by atoms with Crippen molar-refractivity contribution in [1.29, 1.82) is 0 Å². The highest BCUT2D eigenvalue weighted by atomic mass is 16.1. The number of carbonyl (C=O) groups excluding carboxylic acids is 1. The summed E-state index contributed by atoms with van der Waals surface area (Å²) in [5.41, 5.74) is 2.80. The van der Waals surface area contributed by atoms with Gasteiger partial charge in [-0.25, -0.2) is 0 Å². The van der Waals surface area contributed by atoms with Crippen LogP contribution < -0.4 is 4.90 Å². The van der Waals surface area contributed by atoms with Gasteiger partial charge in [-0.3, -0.25) is 0 Å². The first-order valence-electron chi connectivity index (χ1n) is 5.57. The van der Waals surface area contributed by atoms with E-state index in [2.05, 4.69) is 36.1 Å². The van der Waals surface area contributed by atoms with Crippen molar-refractivity contribution in [2.75, 3.05) is 18.0 Å². The first-order chi connectivity index (χ1) is 7.31. The minimum atomic E-state index is 0.452. The van der Waals surface area contributed by atoms with E-state index in [4.69, 9.17) is 0 Å². The number of hydrogen-bond acceptors (Lipinski definition) is 2. The van der Waals surface area contributed by atoms with Crippen molar-refractivity contribution in [2.24, 2.45) is 5.92 Å². The molecule has 2 nitrogen and oxygen atoms in total. The zero-order chi connectivity index (χ0) is 10.7. The normalized spacial score (nSPS) is 16.2. The molecule has 0 bridgehead atoms. The predicted molar refractivity (Wildman–Crippen MR) is 62.2 cm³/mol. The summed E-state index contributed by atoms with van der Waals surface area (Å²) in [5.74, 6) is 0.452. The quantitative estimate of drug-likeness (QED) is 0.700. The summed E-state index contributed by atoms with van der Waals surface area (Å²) in [6, 6.07) is 8.55. The molecule has 1 aromatic carbocycles. The zero-order valence-electron chi connectivity index (χ0n) is 9.15. The van der Waals surface area contributed by atoms with Crippen LogP contribution in [0.2, 0.25) is 0 Å². The lowest BCUT2D eigenvalue weighted by atomic mass is 10.1. The highest BCUT2D eigenvalue weighted by molar-refractivity contribution is 5.58. The van der Waals surface area contributed by atoms with Crippen LogP contribution in [0, 0.1) is 5.92 Å². The molecule has 1 aromatic rings. The molecule has 0 saturated carbocycles. The van der Waals surface area contributed by atoms with Crippen molar-refractivity contribution in [2.45, 2.75) is 19.8 Å². The fourth-order valence-corrected chi connectivity index (χ4v) is 2.21. The number of carbonyl (C=O) groups is 1. The standard InChI is InChI=1S/C13H17NO/c1-11(7-9-15)10-14-8-6-12-4-2-3-5-13(12)14/h2-5,9,11H,6-8,10H2,1H3. The Morgan fingerprint density at radius 2 is 2.27 bits per heavy atom. The molecule has 1 unspecified atom stereocenters. The van der Waals surface area contributed by atoms with Crippen molar-refractivity contribution in [3.05, 3.63) is 29.8 Å². The summed E-state index contributed by atoms with van der Waals surface area (Å²) in [6.07, 6.45) is 2.83. The summed E-state index contributed by atoms with van der Waals surface area (Å²) in [6.45, 7) is 4.23. The van der Waals surface area contributed by atoms with Crippen molar-refractivity contribution in [3.63, 3.8) is 0 Å². The smallest absolute Gasteiger partial charge is 0.120 e. The minimum absolute atomic E-state index is 0.452. The summed E-state index contributed by atoms with van der Waals surface area (Å²) in [4.78, 5) is 12.8. The van der Waals surface area contributed by atoms with Gasteiger partial charge in [0.15, 0.2) is 0 Å². The number of nitrogens with zero attached hydrogens (tertiary/aromatic N) is 1. The molecule has 0 N–H and O–H groups in total. The molecule has 0 saturated heterocycles. The van der Waals surface area contributed by atoms with Gasteiger partial charge in [-0.2, -0.15) is 0 Å². The van der Waals surface area contributed by atoms with Crippen LogP contribution in [0.1, 0.15) is 18.9 Å². The molecule has 1 heterocycles. The average molecular weight is 203 g/mol. The van der Waals surface area contributed by atoms with Crippen LogP contribution in [0.4, 0.5) is 5.69 Å². The molecule has 15 heavy (non-hydrogen) atoms. The van der Waals surface area contributed by atoms with E-state index in [9.17, 15) is 4.79 Å². The van der Waals surface area contributed by atoms with Crippen molar-refractivity contribution < 1.29 is 4.79 Å². The van der Waals surface area contributed by atoms with Crippen LogP contribution >= 0.6 is 0 Å². The van der Waals surface area contributed by atoms with E-state index < -0.39 is 0 Å². The number of rotatable bonds is 4. The topological polar surface area (TPSA) is 20.3 Å². The van der Waals surface area contributed by atoms with E-state index in [-0.39, 0.29) is 0 Å². The molecule has 2 rings (SSSR count). The van der Waals surface area contributed by atoms with Gasteiger partial charge in [0, 0.05) is 25.2 Å². The highest BCUT2D eigenvalue weighted by Crippen LogP contribution is 2.28. The molecule has 1 aliphatic heterocycles. The van der Waals surface area contributed by atoms with Gasteiger partial charge in [0.25, 0.3) is 0 Å². The zero-order valence-corrected chi connectivity index (χ0v) is 9.15. The van der Waals surface area contributed by atoms with Crippen LogP contribution in [0.25, 0.3) is 0 Å². The van der Waals surface area contributed by atoms with Crippen molar-refractivity contribution in [3.8, 4) is 0 Å². The Hall–Kier alpha value is -1.31. The highest BCUT2D eigenvalue weighted by Gasteiger charge is 2.19. The van der Waals surface area contributed by atoms with E-state index in [1.165, 1.54) is 11.3 Å². The molecular weight excluding hydrogens is 186 g/mol. The molecule has 0 aromatic heterocycles. The minimum Gasteiger partial charge on any atom is -0.371 e. The summed E-state index contributed by atoms with van der Waals surface area (Å²) in [7, 11) is 0. The lowest BCUT2D eigenvalue weighted by Crippen LogP contribution is -2.26. The van der Waals surface area contributed by atoms with Gasteiger partial charge in [0.2, 0.25) is 0 Å². The van der Waals surface area contributed by atoms with E-state index >= 15 is 0 Å². The van der Waals surface area contributed by atoms with Gasteiger partial charge in [0.05, 0.1) is 0 Å². The number of para-hydroxylation sites is 1. The second kappa shape index (κ2) is 4.47. The monoisotopic (exact) mass is 203 g/mol. The molecule has 1 aliphatic rings. The fraction of sp³-hybridized carbons (Fsp3) is 0.462. The summed E-state index contributed by atoms with van der Waals surface area (Å²) >= 11 is 0. The summed E-state index contributed by atoms with van der Waals surface area (Å²) < 4.78 is 0. The Kier molecular flexibility index (Phi) is 3.05. The Morgan fingerprint density at radius 3 is 3.07 bits per heavy atom. The Morgan fingerprint density at radius 1 is 1.47 bits per heavy atom. The third-order valence-corrected chi connectivity index (χ3v) is 3.01. The first-order valence-corrected chi connectivity index (χ1v) is 5.57. The number of aldehydes is 1. The third kappa shape index (κ3) is 2.20. The van der Waals surface area contributed by atoms with Crippen molar-refractivity contribution >= 4 is 12.0 Å². The molecule has 0 spiro atoms. The lowest BCUT2D eigenvalue weighted by molar-refractivity contribution is -0.108. The van der Waals surface area contributed by atoms with Crippen LogP contribution in [0.5, 0.6) is 0 Å². The van der Waals surface area contributed by atoms with Gasteiger partial charge in [-0.15, -0.1) is 0 Å². The van der Waals surface area contributed by atoms with Crippen LogP contribution in [-0.4, -0.2) is 19.4 Å². The molecule has 0 fully saturated rings. The maximum absolute atomic E-state index is 10.4. The fourth-order valence-electron chi connectivity index (χ4n) is 2.21. The maximum Gasteiger partial charge on any atom is 0.120 e. The second-order valence-corrected chi connectivity index (χ2v) is 4.33. The first kappa shape index (κ1) is 10.2. The Balaban J connectivity index is 2.04. The Bertz CT molecular complexity index is 348. The lowest BCUT2D eigenvalue weighted by Gasteiger charge is -2.22. The van der Waals surface area contributed by atoms with E-state index in [1.54, 1.807) is 0 Å². The van der Waals surface area contributed by atoms with Gasteiger partial charge < -0.3 is 9.69 Å². The number of anilines is 1. The number of hydrogen-bond donors (Lipinski definition) is 0. The number of benzene rings is 1. The largest absolute Gasteiger partial charge is 0.371 e. The van der Waals surface area contributed by atoms with Crippen LogP contribution in [0.3, 0.4) is 0 Å². The van der Waals surface area contributed by atoms with Crippen molar-refractivity contribution in [1.82, 2.24) is 0 Å². The molecule has 2 heteroatoms. The molecule has 1 atom stereocenters. The van der Waals surface area contributed by atoms with Crippen LogP contribution in [-0.2, 0) is 11.2 Å².